The van der Waals surface area contributed by atoms with Gasteiger partial charge >= 0.3 is 5.97 Å². The van der Waals surface area contributed by atoms with Crippen LogP contribution in [0.25, 0.3) is 16.9 Å². The highest BCUT2D eigenvalue weighted by Crippen LogP contribution is 2.25. The predicted octanol–water partition coefficient (Wildman–Crippen LogP) is 1.98. The smallest absolute Gasteiger partial charge is 0.338 e. The number of nitriles is 1. The van der Waals surface area contributed by atoms with E-state index in [2.05, 4.69) is 16.2 Å². The van der Waals surface area contributed by atoms with Crippen LogP contribution in [0.15, 0.2) is 48.9 Å². The molecule has 0 radical (unpaired) electrons. The molecule has 1 fully saturated rings. The molecule has 1 aliphatic heterocycles. The highest BCUT2D eigenvalue weighted by atomic mass is 16.5. The predicted molar refractivity (Wildman–Crippen MR) is 105 cm³/mol. The lowest BCUT2D eigenvalue weighted by molar-refractivity contribution is 0.0303. The Morgan fingerprint density at radius 3 is 2.47 bits per heavy atom. The quantitative estimate of drug-likeness (QED) is 0.707. The van der Waals surface area contributed by atoms with Crippen LogP contribution in [0.5, 0.6) is 0 Å². The fourth-order valence-electron chi connectivity index (χ4n) is 3.19. The molecule has 0 atom stereocenters. The first-order valence-corrected chi connectivity index (χ1v) is 9.23. The molecule has 1 aliphatic rings. The van der Waals surface area contributed by atoms with Gasteiger partial charge in [-0.25, -0.2) is 14.5 Å². The molecule has 3 heterocycles. The zero-order valence-electron chi connectivity index (χ0n) is 15.9. The van der Waals surface area contributed by atoms with E-state index in [0.717, 1.165) is 5.56 Å². The molecule has 4 rings (SSSR count). The number of ether oxygens (including phenoxy) is 1. The number of morpholine rings is 1. The third kappa shape index (κ3) is 3.76. The van der Waals surface area contributed by atoms with Crippen molar-refractivity contribution in [2.24, 2.45) is 0 Å². The van der Waals surface area contributed by atoms with E-state index >= 15 is 0 Å². The van der Waals surface area contributed by atoms with E-state index in [-0.39, 0.29) is 11.5 Å². The van der Waals surface area contributed by atoms with Crippen LogP contribution >= 0.6 is 0 Å². The minimum atomic E-state index is -1.09. The van der Waals surface area contributed by atoms with Gasteiger partial charge in [0.1, 0.15) is 0 Å². The molecule has 9 nitrogen and oxygen atoms in total. The van der Waals surface area contributed by atoms with Crippen LogP contribution < -0.4 is 0 Å². The summed E-state index contributed by atoms with van der Waals surface area (Å²) >= 11 is 0. The number of carbonyl (C=O) groups excluding carboxylic acids is 1. The molecule has 150 valence electrons. The topological polar surface area (TPSA) is 121 Å². The van der Waals surface area contributed by atoms with Gasteiger partial charge in [-0.3, -0.25) is 4.79 Å². The van der Waals surface area contributed by atoms with Crippen LogP contribution in [0.3, 0.4) is 0 Å². The number of carbonyl (C=O) groups is 2. The Labute approximate surface area is 171 Å². The number of hydrogen-bond donors (Lipinski definition) is 1. The van der Waals surface area contributed by atoms with E-state index in [1.54, 1.807) is 35.2 Å². The summed E-state index contributed by atoms with van der Waals surface area (Å²) in [5, 5.41) is 22.6. The molecule has 0 aliphatic carbocycles. The first-order chi connectivity index (χ1) is 14.6. The summed E-state index contributed by atoms with van der Waals surface area (Å²) in [4.78, 5) is 29.7. The number of nitrogens with zero attached hydrogens (tertiary/aromatic N) is 5. The minimum absolute atomic E-state index is 0.0277. The molecule has 2 aromatic heterocycles. The summed E-state index contributed by atoms with van der Waals surface area (Å²) in [6.07, 6.45) is 4.08. The Morgan fingerprint density at radius 2 is 1.83 bits per heavy atom. The highest BCUT2D eigenvalue weighted by molar-refractivity contribution is 5.95. The van der Waals surface area contributed by atoms with Gasteiger partial charge in [-0.1, -0.05) is 12.1 Å². The molecule has 0 unspecified atom stereocenters. The minimum Gasteiger partial charge on any atom is -0.478 e. The average molecular weight is 403 g/mol. The second-order valence-corrected chi connectivity index (χ2v) is 6.66. The molecular formula is C21H17N5O4. The molecule has 9 heteroatoms. The molecule has 1 aromatic carbocycles. The number of pyridine rings is 1. The largest absolute Gasteiger partial charge is 0.478 e. The molecule has 3 aromatic rings. The number of amides is 1. The zero-order valence-corrected chi connectivity index (χ0v) is 15.9. The van der Waals surface area contributed by atoms with Crippen molar-refractivity contribution in [1.29, 1.82) is 5.26 Å². The molecule has 1 N–H and O–H groups in total. The highest BCUT2D eigenvalue weighted by Gasteiger charge is 2.19. The van der Waals surface area contributed by atoms with E-state index < -0.39 is 5.97 Å². The maximum atomic E-state index is 12.6. The number of carboxylic acids is 1. The Hall–Kier alpha value is -4.03. The SMILES string of the molecule is N#Cc1cc(-n2cc(C(=O)O)cn2)ncc1-c1ccc(C(=O)N2CCOCC2)cc1. The Bertz CT molecular complexity index is 1140. The third-order valence-electron chi connectivity index (χ3n) is 4.82. The lowest BCUT2D eigenvalue weighted by Gasteiger charge is -2.26. The first-order valence-electron chi connectivity index (χ1n) is 9.23. The first kappa shape index (κ1) is 19.3. The van der Waals surface area contributed by atoms with Crippen LogP contribution in [0, 0.1) is 11.3 Å². The number of hydrogen-bond acceptors (Lipinski definition) is 6. The Morgan fingerprint density at radius 1 is 1.10 bits per heavy atom. The summed E-state index contributed by atoms with van der Waals surface area (Å²) in [7, 11) is 0. The molecule has 30 heavy (non-hydrogen) atoms. The van der Waals surface area contributed by atoms with Gasteiger partial charge < -0.3 is 14.7 Å². The maximum absolute atomic E-state index is 12.6. The van der Waals surface area contributed by atoms with Gasteiger partial charge in [0.25, 0.3) is 5.91 Å². The maximum Gasteiger partial charge on any atom is 0.338 e. The van der Waals surface area contributed by atoms with Crippen molar-refractivity contribution in [3.8, 4) is 23.0 Å². The Kier molecular flexibility index (Phi) is 5.24. The molecular weight excluding hydrogens is 386 g/mol. The van der Waals surface area contributed by atoms with Crippen molar-refractivity contribution in [1.82, 2.24) is 19.7 Å². The van der Waals surface area contributed by atoms with E-state index in [0.29, 0.717) is 48.8 Å². The van der Waals surface area contributed by atoms with Gasteiger partial charge in [-0.15, -0.1) is 0 Å². The second-order valence-electron chi connectivity index (χ2n) is 6.66. The molecule has 0 saturated carbocycles. The summed E-state index contributed by atoms with van der Waals surface area (Å²) in [6, 6.07) is 10.7. The summed E-state index contributed by atoms with van der Waals surface area (Å²) in [6.45, 7) is 2.22. The molecule has 0 spiro atoms. The zero-order chi connectivity index (χ0) is 21.1. The summed E-state index contributed by atoms with van der Waals surface area (Å²) in [5.74, 6) is -0.807. The van der Waals surface area contributed by atoms with Crippen molar-refractivity contribution < 1.29 is 19.4 Å². The van der Waals surface area contributed by atoms with Crippen molar-refractivity contribution in [3.05, 3.63) is 65.6 Å². The van der Waals surface area contributed by atoms with Crippen LogP contribution in [0.2, 0.25) is 0 Å². The standard InChI is InChI=1S/C21H17N5O4/c22-10-16-9-19(26-13-17(11-24-26)21(28)29)23-12-18(16)14-1-3-15(4-2-14)20(27)25-5-7-30-8-6-25/h1-4,9,11-13H,5-8H2,(H,28,29). The van der Waals surface area contributed by atoms with Gasteiger partial charge in [-0.05, 0) is 17.7 Å². The monoisotopic (exact) mass is 403 g/mol. The van der Waals surface area contributed by atoms with Crippen LogP contribution in [-0.4, -0.2) is 63.0 Å². The van der Waals surface area contributed by atoms with Crippen molar-refractivity contribution in [2.45, 2.75) is 0 Å². The summed E-state index contributed by atoms with van der Waals surface area (Å²) < 4.78 is 6.58. The number of carboxylic acid groups (broad SMARTS) is 1. The molecule has 0 bridgehead atoms. The summed E-state index contributed by atoms with van der Waals surface area (Å²) in [5.41, 5.74) is 2.31. The molecule has 1 saturated heterocycles. The lowest BCUT2D eigenvalue weighted by atomic mass is 10.0. The normalized spacial score (nSPS) is 13.6. The number of aromatic carboxylic acids is 1. The fraction of sp³-hybridized carbons (Fsp3) is 0.190. The van der Waals surface area contributed by atoms with Gasteiger partial charge in [0.15, 0.2) is 5.82 Å². The fourth-order valence-corrected chi connectivity index (χ4v) is 3.19. The van der Waals surface area contributed by atoms with Gasteiger partial charge in [0.2, 0.25) is 0 Å². The van der Waals surface area contributed by atoms with Crippen molar-refractivity contribution >= 4 is 11.9 Å². The van der Waals surface area contributed by atoms with E-state index in [1.165, 1.54) is 23.3 Å². The number of benzene rings is 1. The third-order valence-corrected chi connectivity index (χ3v) is 4.82. The van der Waals surface area contributed by atoms with Crippen molar-refractivity contribution in [3.63, 3.8) is 0 Å². The van der Waals surface area contributed by atoms with Gasteiger partial charge in [-0.2, -0.15) is 10.4 Å². The van der Waals surface area contributed by atoms with Crippen LogP contribution in [-0.2, 0) is 4.74 Å². The van der Waals surface area contributed by atoms with E-state index in [1.807, 2.05) is 0 Å². The lowest BCUT2D eigenvalue weighted by Crippen LogP contribution is -2.40. The van der Waals surface area contributed by atoms with Gasteiger partial charge in [0.05, 0.1) is 36.6 Å². The number of rotatable bonds is 4. The average Bonchev–Trinajstić information content (AvgIpc) is 3.30. The van der Waals surface area contributed by atoms with Crippen LogP contribution in [0.4, 0.5) is 0 Å². The van der Waals surface area contributed by atoms with Gasteiger partial charge in [0, 0.05) is 42.7 Å². The molecule has 1 amide bonds. The van der Waals surface area contributed by atoms with Crippen molar-refractivity contribution in [2.75, 3.05) is 26.3 Å². The Balaban J connectivity index is 1.59. The van der Waals surface area contributed by atoms with E-state index in [9.17, 15) is 14.9 Å². The van der Waals surface area contributed by atoms with E-state index in [4.69, 9.17) is 9.84 Å². The second kappa shape index (κ2) is 8.14. The van der Waals surface area contributed by atoms with Crippen LogP contribution in [0.1, 0.15) is 26.3 Å². The number of aromatic nitrogens is 3.